The number of likely N-dealkylation sites (N-methyl/N-ethyl adjacent to an activating group) is 1. The Bertz CT molecular complexity index is 455. The number of rotatable bonds is 5. The molecule has 1 aromatic carbocycles. The standard InChI is InChI=1S/C15H23NO3/c1-11-6-7-12(2)13(8-11)19-9-14(18)16(5)15(3,4)10-17/h6-8,17H,9-10H2,1-5H3. The molecule has 0 fully saturated rings. The summed E-state index contributed by atoms with van der Waals surface area (Å²) < 4.78 is 5.57. The van der Waals surface area contributed by atoms with Gasteiger partial charge >= 0.3 is 0 Å². The smallest absolute Gasteiger partial charge is 0.260 e. The quantitative estimate of drug-likeness (QED) is 0.884. The van der Waals surface area contributed by atoms with E-state index >= 15 is 0 Å². The molecule has 0 saturated carbocycles. The van der Waals surface area contributed by atoms with Crippen molar-refractivity contribution in [2.75, 3.05) is 20.3 Å². The molecule has 0 spiro atoms. The molecule has 0 saturated heterocycles. The molecule has 0 aliphatic rings. The molecule has 19 heavy (non-hydrogen) atoms. The molecule has 106 valence electrons. The average Bonchev–Trinajstić information content (AvgIpc) is 2.38. The summed E-state index contributed by atoms with van der Waals surface area (Å²) in [6.07, 6.45) is 0. The molecule has 0 atom stereocenters. The van der Waals surface area contributed by atoms with Gasteiger partial charge in [-0.15, -0.1) is 0 Å². The maximum absolute atomic E-state index is 12.0. The van der Waals surface area contributed by atoms with Crippen molar-refractivity contribution in [2.24, 2.45) is 0 Å². The van der Waals surface area contributed by atoms with Crippen molar-refractivity contribution in [3.8, 4) is 5.75 Å². The summed E-state index contributed by atoms with van der Waals surface area (Å²) in [7, 11) is 1.67. The van der Waals surface area contributed by atoms with Gasteiger partial charge in [0.1, 0.15) is 5.75 Å². The van der Waals surface area contributed by atoms with Crippen LogP contribution in [0, 0.1) is 13.8 Å². The number of nitrogens with zero attached hydrogens (tertiary/aromatic N) is 1. The molecule has 0 bridgehead atoms. The van der Waals surface area contributed by atoms with Gasteiger partial charge in [-0.1, -0.05) is 12.1 Å². The van der Waals surface area contributed by atoms with E-state index in [-0.39, 0.29) is 19.1 Å². The van der Waals surface area contributed by atoms with E-state index in [1.54, 1.807) is 7.05 Å². The highest BCUT2D eigenvalue weighted by atomic mass is 16.5. The summed E-state index contributed by atoms with van der Waals surface area (Å²) in [6, 6.07) is 5.89. The summed E-state index contributed by atoms with van der Waals surface area (Å²) in [6.45, 7) is 7.43. The third kappa shape index (κ3) is 3.96. The van der Waals surface area contributed by atoms with Gasteiger partial charge in [-0.05, 0) is 44.9 Å². The van der Waals surface area contributed by atoms with E-state index in [2.05, 4.69) is 0 Å². The van der Waals surface area contributed by atoms with Crippen LogP contribution in [0.15, 0.2) is 18.2 Å². The summed E-state index contributed by atoms with van der Waals surface area (Å²) in [5.41, 5.74) is 1.52. The summed E-state index contributed by atoms with van der Waals surface area (Å²) in [5, 5.41) is 9.24. The number of aryl methyl sites for hydroxylation is 2. The number of ether oxygens (including phenoxy) is 1. The molecule has 0 heterocycles. The summed E-state index contributed by atoms with van der Waals surface area (Å²) >= 11 is 0. The minimum Gasteiger partial charge on any atom is -0.483 e. The Labute approximate surface area is 115 Å². The van der Waals surface area contributed by atoms with Crippen molar-refractivity contribution in [1.82, 2.24) is 4.90 Å². The van der Waals surface area contributed by atoms with Crippen LogP contribution in [-0.4, -0.2) is 41.7 Å². The molecule has 0 aromatic heterocycles. The molecule has 0 unspecified atom stereocenters. The van der Waals surface area contributed by atoms with Crippen LogP contribution in [-0.2, 0) is 4.79 Å². The van der Waals surface area contributed by atoms with Crippen molar-refractivity contribution in [1.29, 1.82) is 0 Å². The van der Waals surface area contributed by atoms with Crippen LogP contribution in [0.2, 0.25) is 0 Å². The minimum absolute atomic E-state index is 0.0236. The van der Waals surface area contributed by atoms with E-state index in [4.69, 9.17) is 4.74 Å². The SMILES string of the molecule is Cc1ccc(C)c(OCC(=O)N(C)C(C)(C)CO)c1. The largest absolute Gasteiger partial charge is 0.483 e. The fourth-order valence-corrected chi connectivity index (χ4v) is 1.54. The Morgan fingerprint density at radius 3 is 2.58 bits per heavy atom. The molecule has 0 aliphatic carbocycles. The van der Waals surface area contributed by atoms with E-state index in [1.807, 2.05) is 45.9 Å². The molecular formula is C15H23NO3. The number of carbonyl (C=O) groups is 1. The van der Waals surface area contributed by atoms with E-state index < -0.39 is 5.54 Å². The highest BCUT2D eigenvalue weighted by Crippen LogP contribution is 2.19. The second-order valence-corrected chi connectivity index (χ2v) is 5.48. The van der Waals surface area contributed by atoms with Crippen molar-refractivity contribution in [3.63, 3.8) is 0 Å². The van der Waals surface area contributed by atoms with Crippen LogP contribution in [0.1, 0.15) is 25.0 Å². The van der Waals surface area contributed by atoms with E-state index in [9.17, 15) is 9.90 Å². The van der Waals surface area contributed by atoms with Crippen LogP contribution < -0.4 is 4.74 Å². The van der Waals surface area contributed by atoms with Gasteiger partial charge in [0, 0.05) is 7.05 Å². The summed E-state index contributed by atoms with van der Waals surface area (Å²) in [4.78, 5) is 13.5. The monoisotopic (exact) mass is 265 g/mol. The van der Waals surface area contributed by atoms with E-state index in [0.717, 1.165) is 16.9 Å². The summed E-state index contributed by atoms with van der Waals surface area (Å²) in [5.74, 6) is 0.573. The lowest BCUT2D eigenvalue weighted by Gasteiger charge is -2.33. The number of benzene rings is 1. The lowest BCUT2D eigenvalue weighted by molar-refractivity contribution is -0.138. The van der Waals surface area contributed by atoms with Gasteiger partial charge in [0.15, 0.2) is 6.61 Å². The number of aliphatic hydroxyl groups is 1. The number of carbonyl (C=O) groups excluding carboxylic acids is 1. The Kier molecular flexibility index (Phi) is 4.95. The first-order valence-electron chi connectivity index (χ1n) is 6.35. The zero-order valence-electron chi connectivity index (χ0n) is 12.4. The molecule has 1 aromatic rings. The number of hydrogen-bond acceptors (Lipinski definition) is 3. The molecule has 1 N–H and O–H groups in total. The van der Waals surface area contributed by atoms with Crippen molar-refractivity contribution >= 4 is 5.91 Å². The normalized spacial score (nSPS) is 11.3. The topological polar surface area (TPSA) is 49.8 Å². The Morgan fingerprint density at radius 2 is 2.00 bits per heavy atom. The van der Waals surface area contributed by atoms with Gasteiger partial charge in [-0.2, -0.15) is 0 Å². The second-order valence-electron chi connectivity index (χ2n) is 5.48. The molecule has 4 heteroatoms. The predicted octanol–water partition coefficient (Wildman–Crippen LogP) is 1.91. The van der Waals surface area contributed by atoms with E-state index in [0.29, 0.717) is 0 Å². The fourth-order valence-electron chi connectivity index (χ4n) is 1.54. The molecule has 0 aliphatic heterocycles. The number of hydrogen-bond donors (Lipinski definition) is 1. The molecule has 4 nitrogen and oxygen atoms in total. The zero-order chi connectivity index (χ0) is 14.6. The highest BCUT2D eigenvalue weighted by Gasteiger charge is 2.26. The molecular weight excluding hydrogens is 242 g/mol. The number of aliphatic hydroxyl groups excluding tert-OH is 1. The third-order valence-electron chi connectivity index (χ3n) is 3.36. The van der Waals surface area contributed by atoms with Gasteiger partial charge in [0.25, 0.3) is 5.91 Å². The maximum Gasteiger partial charge on any atom is 0.260 e. The van der Waals surface area contributed by atoms with Crippen LogP contribution in [0.3, 0.4) is 0 Å². The Morgan fingerprint density at radius 1 is 1.37 bits per heavy atom. The van der Waals surface area contributed by atoms with Gasteiger partial charge in [0.2, 0.25) is 0 Å². The predicted molar refractivity (Wildman–Crippen MR) is 75.3 cm³/mol. The number of amides is 1. The van der Waals surface area contributed by atoms with Gasteiger partial charge in [0.05, 0.1) is 12.1 Å². The van der Waals surface area contributed by atoms with Crippen molar-refractivity contribution < 1.29 is 14.6 Å². The average molecular weight is 265 g/mol. The van der Waals surface area contributed by atoms with Gasteiger partial charge in [-0.3, -0.25) is 4.79 Å². The lowest BCUT2D eigenvalue weighted by Crippen LogP contribution is -2.49. The Hall–Kier alpha value is -1.55. The first-order chi connectivity index (χ1) is 8.77. The van der Waals surface area contributed by atoms with Gasteiger partial charge < -0.3 is 14.7 Å². The first kappa shape index (κ1) is 15.5. The minimum atomic E-state index is -0.581. The fraction of sp³-hybridized carbons (Fsp3) is 0.533. The van der Waals surface area contributed by atoms with E-state index in [1.165, 1.54) is 4.90 Å². The molecule has 1 rings (SSSR count). The first-order valence-corrected chi connectivity index (χ1v) is 6.35. The van der Waals surface area contributed by atoms with Crippen molar-refractivity contribution in [2.45, 2.75) is 33.2 Å². The third-order valence-corrected chi connectivity index (χ3v) is 3.36. The highest BCUT2D eigenvalue weighted by molar-refractivity contribution is 5.78. The van der Waals surface area contributed by atoms with Crippen LogP contribution in [0.4, 0.5) is 0 Å². The van der Waals surface area contributed by atoms with Crippen molar-refractivity contribution in [3.05, 3.63) is 29.3 Å². The van der Waals surface area contributed by atoms with Crippen LogP contribution in [0.5, 0.6) is 5.75 Å². The molecule has 0 radical (unpaired) electrons. The lowest BCUT2D eigenvalue weighted by atomic mass is 10.1. The second kappa shape index (κ2) is 6.06. The van der Waals surface area contributed by atoms with Crippen LogP contribution >= 0.6 is 0 Å². The zero-order valence-corrected chi connectivity index (χ0v) is 12.4. The van der Waals surface area contributed by atoms with Crippen LogP contribution in [0.25, 0.3) is 0 Å². The Balaban J connectivity index is 2.67. The van der Waals surface area contributed by atoms with Gasteiger partial charge in [-0.25, -0.2) is 0 Å². The maximum atomic E-state index is 12.0. The molecule has 1 amide bonds.